The summed E-state index contributed by atoms with van der Waals surface area (Å²) >= 11 is 0. The van der Waals surface area contributed by atoms with Gasteiger partial charge in [0.15, 0.2) is 5.65 Å². The van der Waals surface area contributed by atoms with Crippen molar-refractivity contribution in [3.8, 4) is 0 Å². The minimum atomic E-state index is 0.810. The van der Waals surface area contributed by atoms with E-state index >= 15 is 0 Å². The van der Waals surface area contributed by atoms with Crippen LogP contribution < -0.4 is 0 Å². The Morgan fingerprint density at radius 1 is 1.40 bits per heavy atom. The summed E-state index contributed by atoms with van der Waals surface area (Å²) < 4.78 is 1.95. The van der Waals surface area contributed by atoms with E-state index in [9.17, 15) is 0 Å². The second kappa shape index (κ2) is 1.80. The van der Waals surface area contributed by atoms with Gasteiger partial charge in [-0.3, -0.25) is 0 Å². The van der Waals surface area contributed by atoms with Crippen LogP contribution in [0.2, 0.25) is 0 Å². The van der Waals surface area contributed by atoms with E-state index in [0.29, 0.717) is 0 Å². The molecule has 3 heteroatoms. The Labute approximate surface area is 58.3 Å². The molecule has 0 atom stereocenters. The maximum absolute atomic E-state index is 4.07. The number of nitrogens with zero attached hydrogens (tertiary/aromatic N) is 3. The maximum Gasteiger partial charge on any atom is 0.177 e. The highest BCUT2D eigenvalue weighted by molar-refractivity contribution is 5.69. The summed E-state index contributed by atoms with van der Waals surface area (Å²) in [5, 5.41) is 0. The summed E-state index contributed by atoms with van der Waals surface area (Å²) in [4.78, 5) is 8.14. The van der Waals surface area contributed by atoms with E-state index in [1.807, 2.05) is 23.7 Å². The molecule has 0 saturated carbocycles. The molecular weight excluding hydrogens is 126 g/mol. The minimum Gasteiger partial charge on any atom is -0.332 e. The standard InChI is InChI=1S/C7H7N3/c1-10-5-9-7-6(10)3-2-4-8-7/h2-5H,1H3. The van der Waals surface area contributed by atoms with Crippen LogP contribution in [0, 0.1) is 0 Å². The molecule has 2 heterocycles. The van der Waals surface area contributed by atoms with Crippen LogP contribution >= 0.6 is 0 Å². The van der Waals surface area contributed by atoms with Gasteiger partial charge in [0.2, 0.25) is 0 Å². The summed E-state index contributed by atoms with van der Waals surface area (Å²) in [6.45, 7) is 0. The molecule has 0 fully saturated rings. The van der Waals surface area contributed by atoms with Crippen molar-refractivity contribution in [2.45, 2.75) is 0 Å². The number of aromatic nitrogens is 3. The largest absolute Gasteiger partial charge is 0.332 e. The Morgan fingerprint density at radius 2 is 2.30 bits per heavy atom. The Balaban J connectivity index is 2.93. The van der Waals surface area contributed by atoms with E-state index in [4.69, 9.17) is 0 Å². The van der Waals surface area contributed by atoms with Gasteiger partial charge in [-0.1, -0.05) is 0 Å². The first kappa shape index (κ1) is 5.41. The summed E-state index contributed by atoms with van der Waals surface area (Å²) in [6, 6.07) is 3.90. The Kier molecular flexibility index (Phi) is 0.974. The third kappa shape index (κ3) is 0.603. The van der Waals surface area contributed by atoms with Gasteiger partial charge in [0.25, 0.3) is 0 Å². The van der Waals surface area contributed by atoms with E-state index in [1.165, 1.54) is 0 Å². The molecule has 0 unspecified atom stereocenters. The third-order valence-corrected chi connectivity index (χ3v) is 1.50. The first-order valence-electron chi connectivity index (χ1n) is 3.10. The molecule has 2 aromatic rings. The molecule has 0 aliphatic rings. The maximum atomic E-state index is 4.07. The number of fused-ring (bicyclic) bond motifs is 1. The number of aryl methyl sites for hydroxylation is 1. The van der Waals surface area contributed by atoms with Crippen LogP contribution in [0.1, 0.15) is 0 Å². The second-order valence-electron chi connectivity index (χ2n) is 2.20. The van der Waals surface area contributed by atoms with Gasteiger partial charge in [-0.15, -0.1) is 0 Å². The van der Waals surface area contributed by atoms with Gasteiger partial charge in [-0.2, -0.15) is 0 Å². The van der Waals surface area contributed by atoms with E-state index in [1.54, 1.807) is 12.5 Å². The molecule has 0 aliphatic heterocycles. The highest BCUT2D eigenvalue weighted by Crippen LogP contribution is 2.05. The van der Waals surface area contributed by atoms with Crippen LogP contribution in [0.3, 0.4) is 0 Å². The second-order valence-corrected chi connectivity index (χ2v) is 2.20. The molecule has 0 saturated heterocycles. The number of pyridine rings is 1. The zero-order chi connectivity index (χ0) is 6.97. The van der Waals surface area contributed by atoms with Gasteiger partial charge < -0.3 is 4.57 Å². The molecule has 10 heavy (non-hydrogen) atoms. The van der Waals surface area contributed by atoms with Gasteiger partial charge in [-0.25, -0.2) is 9.97 Å². The van der Waals surface area contributed by atoms with Crippen LogP contribution in [-0.2, 0) is 7.05 Å². The summed E-state index contributed by atoms with van der Waals surface area (Å²) in [5.41, 5.74) is 1.88. The lowest BCUT2D eigenvalue weighted by Gasteiger charge is -1.89. The molecule has 0 N–H and O–H groups in total. The molecule has 0 bridgehead atoms. The van der Waals surface area contributed by atoms with Crippen molar-refractivity contribution in [1.82, 2.24) is 14.5 Å². The highest BCUT2D eigenvalue weighted by atomic mass is 15.0. The van der Waals surface area contributed by atoms with E-state index in [-0.39, 0.29) is 0 Å². The van der Waals surface area contributed by atoms with Gasteiger partial charge >= 0.3 is 0 Å². The molecule has 0 amide bonds. The Bertz CT molecular complexity index is 350. The zero-order valence-electron chi connectivity index (χ0n) is 5.65. The smallest absolute Gasteiger partial charge is 0.177 e. The molecule has 3 nitrogen and oxygen atoms in total. The SMILES string of the molecule is Cn1cnc2ncccc21. The average Bonchev–Trinajstić information content (AvgIpc) is 2.34. The van der Waals surface area contributed by atoms with Crippen molar-refractivity contribution < 1.29 is 0 Å². The van der Waals surface area contributed by atoms with Crippen LogP contribution in [0.25, 0.3) is 11.2 Å². The lowest BCUT2D eigenvalue weighted by atomic mass is 10.4. The lowest BCUT2D eigenvalue weighted by Crippen LogP contribution is -1.82. The number of imidazole rings is 1. The highest BCUT2D eigenvalue weighted by Gasteiger charge is 1.95. The summed E-state index contributed by atoms with van der Waals surface area (Å²) in [5.74, 6) is 0. The van der Waals surface area contributed by atoms with Crippen molar-refractivity contribution in [2.24, 2.45) is 7.05 Å². The van der Waals surface area contributed by atoms with Crippen LogP contribution in [0.5, 0.6) is 0 Å². The number of rotatable bonds is 0. The molecule has 0 aromatic carbocycles. The van der Waals surface area contributed by atoms with Crippen molar-refractivity contribution in [3.05, 3.63) is 24.7 Å². The minimum absolute atomic E-state index is 0.810. The molecule has 0 spiro atoms. The molecule has 0 radical (unpaired) electrons. The first-order valence-corrected chi connectivity index (χ1v) is 3.10. The quantitative estimate of drug-likeness (QED) is 0.536. The Morgan fingerprint density at radius 3 is 3.10 bits per heavy atom. The van der Waals surface area contributed by atoms with Crippen molar-refractivity contribution in [1.29, 1.82) is 0 Å². The zero-order valence-corrected chi connectivity index (χ0v) is 5.65. The van der Waals surface area contributed by atoms with Crippen molar-refractivity contribution in [3.63, 3.8) is 0 Å². The van der Waals surface area contributed by atoms with E-state index in [0.717, 1.165) is 11.2 Å². The summed E-state index contributed by atoms with van der Waals surface area (Å²) in [7, 11) is 1.96. The lowest BCUT2D eigenvalue weighted by molar-refractivity contribution is 0.947. The Hall–Kier alpha value is -1.38. The molecule has 50 valence electrons. The summed E-state index contributed by atoms with van der Waals surface area (Å²) in [6.07, 6.45) is 3.51. The van der Waals surface area contributed by atoms with Gasteiger partial charge in [0.05, 0.1) is 11.8 Å². The van der Waals surface area contributed by atoms with Gasteiger partial charge in [-0.05, 0) is 12.1 Å². The molecular formula is C7H7N3. The number of hydrogen-bond donors (Lipinski definition) is 0. The predicted molar refractivity (Wildman–Crippen MR) is 38.5 cm³/mol. The van der Waals surface area contributed by atoms with Gasteiger partial charge in [0.1, 0.15) is 0 Å². The van der Waals surface area contributed by atoms with E-state index < -0.39 is 0 Å². The fraction of sp³-hybridized carbons (Fsp3) is 0.143. The molecule has 0 aliphatic carbocycles. The normalized spacial score (nSPS) is 10.5. The number of hydrogen-bond acceptors (Lipinski definition) is 2. The molecule has 2 rings (SSSR count). The predicted octanol–water partition coefficient (Wildman–Crippen LogP) is 0.968. The van der Waals surface area contributed by atoms with Crippen molar-refractivity contribution >= 4 is 11.2 Å². The monoisotopic (exact) mass is 133 g/mol. The topological polar surface area (TPSA) is 30.7 Å². The van der Waals surface area contributed by atoms with Crippen molar-refractivity contribution in [2.75, 3.05) is 0 Å². The van der Waals surface area contributed by atoms with E-state index in [2.05, 4.69) is 9.97 Å². The third-order valence-electron chi connectivity index (χ3n) is 1.50. The fourth-order valence-corrected chi connectivity index (χ4v) is 0.967. The average molecular weight is 133 g/mol. The first-order chi connectivity index (χ1) is 4.88. The molecule has 2 aromatic heterocycles. The van der Waals surface area contributed by atoms with Crippen LogP contribution in [-0.4, -0.2) is 14.5 Å². The van der Waals surface area contributed by atoms with Crippen LogP contribution in [0.4, 0.5) is 0 Å². The fourth-order valence-electron chi connectivity index (χ4n) is 0.967. The van der Waals surface area contributed by atoms with Gasteiger partial charge in [0, 0.05) is 13.2 Å². The van der Waals surface area contributed by atoms with Crippen LogP contribution in [0.15, 0.2) is 24.7 Å².